The monoisotopic (exact) mass is 360 g/mol. The summed E-state index contributed by atoms with van der Waals surface area (Å²) in [5.41, 5.74) is 2.00. The van der Waals surface area contributed by atoms with Gasteiger partial charge in [0.1, 0.15) is 5.75 Å². The number of ether oxygens (including phenoxy) is 3. The van der Waals surface area contributed by atoms with Crippen molar-refractivity contribution in [1.29, 1.82) is 0 Å². The molecule has 1 N–H and O–H groups in total. The SMILES string of the molecule is CCOc1ccc(CN(C)C(=S)Nc2ccc(OC)cc2)cc1OC. The number of benzene rings is 2. The summed E-state index contributed by atoms with van der Waals surface area (Å²) < 4.78 is 16.1. The Bertz CT molecular complexity index is 704. The number of hydrogen-bond donors (Lipinski definition) is 1. The lowest BCUT2D eigenvalue weighted by Crippen LogP contribution is -2.30. The zero-order valence-corrected chi connectivity index (χ0v) is 15.9. The standard InChI is InChI=1S/C19H24N2O3S/c1-5-24-17-11-6-14(12-18(17)23-4)13-21(2)19(25)20-15-7-9-16(22-3)10-8-15/h6-12H,5,13H2,1-4H3,(H,20,25). The lowest BCUT2D eigenvalue weighted by atomic mass is 10.2. The van der Waals surface area contributed by atoms with Crippen LogP contribution in [0, 0.1) is 0 Å². The van der Waals surface area contributed by atoms with Gasteiger partial charge in [-0.25, -0.2) is 0 Å². The van der Waals surface area contributed by atoms with E-state index in [2.05, 4.69) is 5.32 Å². The Balaban J connectivity index is 2.00. The Morgan fingerprint density at radius 3 is 2.36 bits per heavy atom. The van der Waals surface area contributed by atoms with E-state index in [1.165, 1.54) is 0 Å². The molecule has 0 aromatic heterocycles. The molecule has 134 valence electrons. The molecule has 2 rings (SSSR count). The van der Waals surface area contributed by atoms with E-state index in [-0.39, 0.29) is 0 Å². The number of methoxy groups -OCH3 is 2. The predicted molar refractivity (Wildman–Crippen MR) is 105 cm³/mol. The molecule has 0 fully saturated rings. The lowest BCUT2D eigenvalue weighted by Gasteiger charge is -2.22. The highest BCUT2D eigenvalue weighted by atomic mass is 32.1. The zero-order valence-electron chi connectivity index (χ0n) is 15.0. The fourth-order valence-corrected chi connectivity index (χ4v) is 2.51. The summed E-state index contributed by atoms with van der Waals surface area (Å²) in [7, 11) is 5.23. The summed E-state index contributed by atoms with van der Waals surface area (Å²) in [6.45, 7) is 3.21. The molecule has 0 aliphatic rings. The van der Waals surface area contributed by atoms with E-state index in [9.17, 15) is 0 Å². The molecule has 0 saturated heterocycles. The van der Waals surface area contributed by atoms with Crippen LogP contribution in [-0.4, -0.2) is 37.9 Å². The first kappa shape index (κ1) is 18.9. The largest absolute Gasteiger partial charge is 0.497 e. The average Bonchev–Trinajstić information content (AvgIpc) is 2.63. The number of nitrogens with one attached hydrogen (secondary N) is 1. The molecule has 0 bridgehead atoms. The molecule has 0 heterocycles. The second-order valence-corrected chi connectivity index (χ2v) is 5.82. The summed E-state index contributed by atoms with van der Waals surface area (Å²) in [5, 5.41) is 3.86. The Labute approximate surface area is 154 Å². The molecular formula is C19H24N2O3S. The van der Waals surface area contributed by atoms with Crippen LogP contribution in [0.4, 0.5) is 5.69 Å². The molecule has 2 aromatic carbocycles. The number of anilines is 1. The molecule has 6 heteroatoms. The molecule has 25 heavy (non-hydrogen) atoms. The van der Waals surface area contributed by atoms with Crippen LogP contribution in [0.25, 0.3) is 0 Å². The topological polar surface area (TPSA) is 43.0 Å². The van der Waals surface area contributed by atoms with E-state index in [4.69, 9.17) is 26.4 Å². The second kappa shape index (κ2) is 9.13. The summed E-state index contributed by atoms with van der Waals surface area (Å²) in [6, 6.07) is 13.5. The summed E-state index contributed by atoms with van der Waals surface area (Å²) in [4.78, 5) is 1.97. The van der Waals surface area contributed by atoms with E-state index >= 15 is 0 Å². The van der Waals surface area contributed by atoms with Crippen molar-refractivity contribution in [3.8, 4) is 17.2 Å². The fraction of sp³-hybridized carbons (Fsp3) is 0.316. The molecule has 0 unspecified atom stereocenters. The Kier molecular flexibility index (Phi) is 6.89. The first-order valence-electron chi connectivity index (χ1n) is 8.03. The maximum Gasteiger partial charge on any atom is 0.173 e. The van der Waals surface area contributed by atoms with Gasteiger partial charge in [0.05, 0.1) is 20.8 Å². The highest BCUT2D eigenvalue weighted by molar-refractivity contribution is 7.80. The molecule has 0 atom stereocenters. The van der Waals surface area contributed by atoms with Crippen LogP contribution in [0.5, 0.6) is 17.2 Å². The van der Waals surface area contributed by atoms with E-state index in [0.29, 0.717) is 18.3 Å². The summed E-state index contributed by atoms with van der Waals surface area (Å²) >= 11 is 5.48. The van der Waals surface area contributed by atoms with Crippen LogP contribution < -0.4 is 19.5 Å². The van der Waals surface area contributed by atoms with Gasteiger partial charge in [0, 0.05) is 19.3 Å². The smallest absolute Gasteiger partial charge is 0.173 e. The van der Waals surface area contributed by atoms with E-state index in [0.717, 1.165) is 28.5 Å². The van der Waals surface area contributed by atoms with E-state index in [1.54, 1.807) is 14.2 Å². The third-order valence-electron chi connectivity index (χ3n) is 3.64. The third kappa shape index (κ3) is 5.26. The van der Waals surface area contributed by atoms with Gasteiger partial charge in [-0.1, -0.05) is 6.07 Å². The van der Waals surface area contributed by atoms with Crippen molar-refractivity contribution >= 4 is 23.0 Å². The van der Waals surface area contributed by atoms with Crippen molar-refractivity contribution in [3.63, 3.8) is 0 Å². The Morgan fingerprint density at radius 2 is 1.76 bits per heavy atom. The predicted octanol–water partition coefficient (Wildman–Crippen LogP) is 3.93. The minimum Gasteiger partial charge on any atom is -0.497 e. The van der Waals surface area contributed by atoms with Gasteiger partial charge < -0.3 is 24.4 Å². The van der Waals surface area contributed by atoms with Crippen molar-refractivity contribution in [2.24, 2.45) is 0 Å². The van der Waals surface area contributed by atoms with Crippen molar-refractivity contribution in [1.82, 2.24) is 4.90 Å². The molecule has 0 radical (unpaired) electrons. The summed E-state index contributed by atoms with van der Waals surface area (Å²) in [5.74, 6) is 2.28. The fourth-order valence-electron chi connectivity index (χ4n) is 2.32. The minimum absolute atomic E-state index is 0.603. The van der Waals surface area contributed by atoms with Crippen molar-refractivity contribution in [2.75, 3.05) is 33.2 Å². The Morgan fingerprint density at radius 1 is 1.04 bits per heavy atom. The first-order valence-corrected chi connectivity index (χ1v) is 8.44. The zero-order chi connectivity index (χ0) is 18.2. The molecule has 0 aliphatic heterocycles. The molecule has 0 spiro atoms. The van der Waals surface area contributed by atoms with Crippen LogP contribution in [0.2, 0.25) is 0 Å². The quantitative estimate of drug-likeness (QED) is 0.755. The highest BCUT2D eigenvalue weighted by Crippen LogP contribution is 2.28. The van der Waals surface area contributed by atoms with Gasteiger partial charge in [-0.2, -0.15) is 0 Å². The average molecular weight is 360 g/mol. The van der Waals surface area contributed by atoms with Gasteiger partial charge in [0.25, 0.3) is 0 Å². The van der Waals surface area contributed by atoms with Crippen molar-refractivity contribution < 1.29 is 14.2 Å². The van der Waals surface area contributed by atoms with Crippen LogP contribution in [0.1, 0.15) is 12.5 Å². The first-order chi connectivity index (χ1) is 12.1. The van der Waals surface area contributed by atoms with Crippen LogP contribution in [0.3, 0.4) is 0 Å². The third-order valence-corrected chi connectivity index (χ3v) is 4.05. The van der Waals surface area contributed by atoms with Gasteiger partial charge in [0.2, 0.25) is 0 Å². The highest BCUT2D eigenvalue weighted by Gasteiger charge is 2.09. The van der Waals surface area contributed by atoms with Gasteiger partial charge in [-0.3, -0.25) is 0 Å². The normalized spacial score (nSPS) is 10.1. The molecule has 5 nitrogen and oxygen atoms in total. The maximum atomic E-state index is 5.55. The number of nitrogens with zero attached hydrogens (tertiary/aromatic N) is 1. The lowest BCUT2D eigenvalue weighted by molar-refractivity contribution is 0.310. The van der Waals surface area contributed by atoms with E-state index < -0.39 is 0 Å². The molecule has 0 amide bonds. The molecular weight excluding hydrogens is 336 g/mol. The van der Waals surface area contributed by atoms with Crippen LogP contribution in [0.15, 0.2) is 42.5 Å². The van der Waals surface area contributed by atoms with E-state index in [1.807, 2.05) is 61.3 Å². The van der Waals surface area contributed by atoms with Gasteiger partial charge in [0.15, 0.2) is 16.6 Å². The van der Waals surface area contributed by atoms with Crippen molar-refractivity contribution in [3.05, 3.63) is 48.0 Å². The Hall–Kier alpha value is -2.47. The van der Waals surface area contributed by atoms with Crippen LogP contribution >= 0.6 is 12.2 Å². The van der Waals surface area contributed by atoms with Gasteiger partial charge in [-0.15, -0.1) is 0 Å². The molecule has 0 aliphatic carbocycles. The molecule has 0 saturated carbocycles. The van der Waals surface area contributed by atoms with Crippen LogP contribution in [-0.2, 0) is 6.54 Å². The van der Waals surface area contributed by atoms with Crippen molar-refractivity contribution in [2.45, 2.75) is 13.5 Å². The van der Waals surface area contributed by atoms with Gasteiger partial charge >= 0.3 is 0 Å². The maximum absolute atomic E-state index is 5.55. The summed E-state index contributed by atoms with van der Waals surface area (Å²) in [6.07, 6.45) is 0. The second-order valence-electron chi connectivity index (χ2n) is 5.43. The number of hydrogen-bond acceptors (Lipinski definition) is 4. The van der Waals surface area contributed by atoms with Gasteiger partial charge in [-0.05, 0) is 61.1 Å². The molecule has 2 aromatic rings. The number of rotatable bonds is 7. The number of thiocarbonyl (C=S) groups is 1. The minimum atomic E-state index is 0.603.